The van der Waals surface area contributed by atoms with Gasteiger partial charge in [0.1, 0.15) is 0 Å². The van der Waals surface area contributed by atoms with Gasteiger partial charge in [0.15, 0.2) is 0 Å². The summed E-state index contributed by atoms with van der Waals surface area (Å²) >= 11 is 0. The van der Waals surface area contributed by atoms with E-state index < -0.39 is 0 Å². The lowest BCUT2D eigenvalue weighted by molar-refractivity contribution is 1.10. The third-order valence-corrected chi connectivity index (χ3v) is 12.6. The molecule has 0 radical (unpaired) electrons. The summed E-state index contributed by atoms with van der Waals surface area (Å²) < 4.78 is 9.46. The van der Waals surface area contributed by atoms with Crippen molar-refractivity contribution in [1.82, 2.24) is 23.1 Å². The van der Waals surface area contributed by atoms with E-state index in [1.807, 2.05) is 0 Å². The number of aromatic nitrogens is 5. The Labute approximate surface area is 357 Å². The third kappa shape index (κ3) is 5.12. The average molecular weight is 792 g/mol. The number of rotatable bonds is 6. The zero-order valence-corrected chi connectivity index (χ0v) is 33.6. The van der Waals surface area contributed by atoms with Gasteiger partial charge in [0, 0.05) is 49.7 Å². The second-order valence-electron chi connectivity index (χ2n) is 16.0. The molecule has 0 saturated carbocycles. The summed E-state index contributed by atoms with van der Waals surface area (Å²) in [6.07, 6.45) is 0. The summed E-state index contributed by atoms with van der Waals surface area (Å²) in [6.45, 7) is 0. The van der Waals surface area contributed by atoms with Crippen molar-refractivity contribution in [3.8, 4) is 50.7 Å². The Bertz CT molecular complexity index is 3850. The fourth-order valence-corrected chi connectivity index (χ4v) is 9.86. The van der Waals surface area contributed by atoms with Crippen molar-refractivity contribution in [1.29, 1.82) is 0 Å². The maximum Gasteiger partial charge on any atom is 0.220 e. The lowest BCUT2D eigenvalue weighted by atomic mass is 10.0. The van der Waals surface area contributed by atoms with Crippen LogP contribution >= 0.6 is 0 Å². The summed E-state index contributed by atoms with van der Waals surface area (Å²) in [6, 6.07) is 80.8. The molecule has 13 aromatic rings. The molecule has 0 spiro atoms. The van der Waals surface area contributed by atoms with E-state index in [1.54, 1.807) is 0 Å². The first kappa shape index (κ1) is 34.5. The van der Waals surface area contributed by atoms with Crippen molar-refractivity contribution in [2.24, 2.45) is 0 Å². The van der Waals surface area contributed by atoms with E-state index in [0.717, 1.165) is 67.5 Å². The van der Waals surface area contributed by atoms with E-state index in [-0.39, 0.29) is 0 Å². The number of para-hydroxylation sites is 6. The van der Waals surface area contributed by atoms with Crippen LogP contribution in [0.4, 0.5) is 0 Å². The molecule has 5 heteroatoms. The summed E-state index contributed by atoms with van der Waals surface area (Å²) in [5.41, 5.74) is 16.7. The molecule has 0 unspecified atom stereocenters. The lowest BCUT2D eigenvalue weighted by Crippen LogP contribution is -1.95. The van der Waals surface area contributed by atoms with Gasteiger partial charge < -0.3 is 9.13 Å². The molecule has 0 saturated heterocycles. The van der Waals surface area contributed by atoms with Gasteiger partial charge >= 0.3 is 0 Å². The summed E-state index contributed by atoms with van der Waals surface area (Å²) in [5.74, 6) is 0.861. The smallest absolute Gasteiger partial charge is 0.220 e. The first-order valence-electron chi connectivity index (χ1n) is 21.1. The van der Waals surface area contributed by atoms with E-state index in [2.05, 4.69) is 243 Å². The first-order valence-corrected chi connectivity index (χ1v) is 21.1. The molecule has 62 heavy (non-hydrogen) atoms. The van der Waals surface area contributed by atoms with Crippen molar-refractivity contribution in [3.05, 3.63) is 224 Å². The average Bonchev–Trinajstić information content (AvgIpc) is 4.08. The second-order valence-corrected chi connectivity index (χ2v) is 16.0. The van der Waals surface area contributed by atoms with Crippen molar-refractivity contribution in [2.75, 3.05) is 0 Å². The Morgan fingerprint density at radius 2 is 0.742 bits per heavy atom. The van der Waals surface area contributed by atoms with Crippen molar-refractivity contribution >= 4 is 60.4 Å². The minimum atomic E-state index is 0.861. The van der Waals surface area contributed by atoms with Crippen molar-refractivity contribution in [3.63, 3.8) is 0 Å². The number of fused-ring (bicyclic) bond motifs is 9. The van der Waals surface area contributed by atoms with Gasteiger partial charge in [-0.05, 0) is 96.1 Å². The van der Waals surface area contributed by atoms with Gasteiger partial charge in [-0.25, -0.2) is 4.98 Å². The summed E-state index contributed by atoms with van der Waals surface area (Å²) in [4.78, 5) is 5.74. The zero-order valence-electron chi connectivity index (χ0n) is 33.6. The van der Waals surface area contributed by atoms with Gasteiger partial charge in [-0.2, -0.15) is 0 Å². The van der Waals surface area contributed by atoms with E-state index in [9.17, 15) is 0 Å². The predicted octanol–water partition coefficient (Wildman–Crippen LogP) is 14.5. The highest BCUT2D eigenvalue weighted by atomic mass is 15.2. The minimum Gasteiger partial charge on any atom is -0.309 e. The van der Waals surface area contributed by atoms with Crippen molar-refractivity contribution < 1.29 is 0 Å². The molecule has 4 heterocycles. The Kier molecular flexibility index (Phi) is 7.54. The van der Waals surface area contributed by atoms with Crippen LogP contribution in [-0.4, -0.2) is 23.1 Å². The minimum absolute atomic E-state index is 0.861. The number of benzene rings is 9. The van der Waals surface area contributed by atoms with E-state index >= 15 is 0 Å². The molecule has 0 fully saturated rings. The fraction of sp³-hybridized carbons (Fsp3) is 0. The van der Waals surface area contributed by atoms with Gasteiger partial charge in [0.05, 0.1) is 44.5 Å². The molecule has 290 valence electrons. The van der Waals surface area contributed by atoms with Gasteiger partial charge in [0.2, 0.25) is 5.78 Å². The standard InChI is InChI=1S/C57H37N5/c1-4-17-38(18-5-1)39-19-16-24-44(35-39)61-53-29-14-15-30-54(53)62-56(41-32-34-52-48(37-41)46-26-11-13-28-50(46)60(52)43-22-8-3-9-23-43)55(58-57(61)62)40-31-33-51-47(36-40)45-25-10-12-27-49(45)59(51)42-20-6-2-7-21-42/h1-37H. The van der Waals surface area contributed by atoms with Crippen LogP contribution in [0.5, 0.6) is 0 Å². The molecule has 13 rings (SSSR count). The van der Waals surface area contributed by atoms with Crippen LogP contribution in [0, 0.1) is 0 Å². The van der Waals surface area contributed by atoms with E-state index in [1.165, 1.54) is 43.7 Å². The van der Waals surface area contributed by atoms with Gasteiger partial charge in [-0.15, -0.1) is 0 Å². The highest BCUT2D eigenvalue weighted by Gasteiger charge is 2.25. The van der Waals surface area contributed by atoms with Crippen LogP contribution in [0.3, 0.4) is 0 Å². The summed E-state index contributed by atoms with van der Waals surface area (Å²) in [7, 11) is 0. The topological polar surface area (TPSA) is 32.1 Å². The molecule has 4 aromatic heterocycles. The maximum atomic E-state index is 5.74. The molecule has 0 aliphatic carbocycles. The zero-order chi connectivity index (χ0) is 40.7. The Hall–Kier alpha value is -8.41. The van der Waals surface area contributed by atoms with Gasteiger partial charge in [-0.1, -0.05) is 140 Å². The Morgan fingerprint density at radius 1 is 0.274 bits per heavy atom. The molecular formula is C57H37N5. The molecule has 0 atom stereocenters. The lowest BCUT2D eigenvalue weighted by Gasteiger charge is -2.10. The Morgan fingerprint density at radius 3 is 1.37 bits per heavy atom. The maximum absolute atomic E-state index is 5.74. The van der Waals surface area contributed by atoms with E-state index in [4.69, 9.17) is 4.98 Å². The quantitative estimate of drug-likeness (QED) is 0.165. The molecular weight excluding hydrogens is 755 g/mol. The first-order chi connectivity index (χ1) is 30.8. The largest absolute Gasteiger partial charge is 0.309 e. The van der Waals surface area contributed by atoms with Gasteiger partial charge in [0.25, 0.3) is 0 Å². The second kappa shape index (κ2) is 13.6. The molecule has 0 N–H and O–H groups in total. The predicted molar refractivity (Wildman–Crippen MR) is 257 cm³/mol. The molecule has 9 aromatic carbocycles. The number of hydrogen-bond acceptors (Lipinski definition) is 1. The van der Waals surface area contributed by atoms with Crippen molar-refractivity contribution in [2.45, 2.75) is 0 Å². The van der Waals surface area contributed by atoms with Crippen LogP contribution in [0.2, 0.25) is 0 Å². The monoisotopic (exact) mass is 791 g/mol. The number of imidazole rings is 2. The van der Waals surface area contributed by atoms with Crippen LogP contribution in [0.25, 0.3) is 111 Å². The van der Waals surface area contributed by atoms with Crippen LogP contribution in [0.1, 0.15) is 0 Å². The molecule has 0 bridgehead atoms. The highest BCUT2D eigenvalue weighted by molar-refractivity contribution is 6.12. The normalized spacial score (nSPS) is 11.9. The van der Waals surface area contributed by atoms with Crippen LogP contribution in [-0.2, 0) is 0 Å². The molecule has 5 nitrogen and oxygen atoms in total. The van der Waals surface area contributed by atoms with Gasteiger partial charge in [-0.3, -0.25) is 8.97 Å². The number of nitrogens with zero attached hydrogens (tertiary/aromatic N) is 5. The highest BCUT2D eigenvalue weighted by Crippen LogP contribution is 2.43. The van der Waals surface area contributed by atoms with E-state index in [0.29, 0.717) is 0 Å². The SMILES string of the molecule is c1ccc(-c2cccc(-n3c4ccccc4n4c(-c5ccc6c(c5)c5ccccc5n6-c5ccccc5)c(-c5ccc6c(c5)c5ccccc5n6-c5ccccc5)nc34)c2)cc1. The van der Waals surface area contributed by atoms with Crippen LogP contribution < -0.4 is 0 Å². The molecule has 0 amide bonds. The summed E-state index contributed by atoms with van der Waals surface area (Å²) in [5, 5.41) is 4.81. The fourth-order valence-electron chi connectivity index (χ4n) is 9.86. The molecule has 0 aliphatic rings. The third-order valence-electron chi connectivity index (χ3n) is 12.6. The molecule has 0 aliphatic heterocycles. The van der Waals surface area contributed by atoms with Crippen LogP contribution in [0.15, 0.2) is 224 Å². The Balaban J connectivity index is 1.12. The number of hydrogen-bond donors (Lipinski definition) is 0.